The number of carbonyl (C=O) groups excluding carboxylic acids is 2. The highest BCUT2D eigenvalue weighted by atomic mass is 32.2. The zero-order valence-electron chi connectivity index (χ0n) is 17.1. The van der Waals surface area contributed by atoms with Crippen LogP contribution >= 0.6 is 0 Å². The summed E-state index contributed by atoms with van der Waals surface area (Å²) in [5.74, 6) is -0.212. The zero-order valence-corrected chi connectivity index (χ0v) is 17.9. The molecule has 0 aromatic heterocycles. The summed E-state index contributed by atoms with van der Waals surface area (Å²) in [6.45, 7) is 3.54. The van der Waals surface area contributed by atoms with Crippen molar-refractivity contribution in [2.24, 2.45) is 0 Å². The van der Waals surface area contributed by atoms with E-state index in [1.165, 1.54) is 31.2 Å². The highest BCUT2D eigenvalue weighted by Gasteiger charge is 2.19. The van der Waals surface area contributed by atoms with Gasteiger partial charge in [0.2, 0.25) is 0 Å². The predicted molar refractivity (Wildman–Crippen MR) is 119 cm³/mol. The van der Waals surface area contributed by atoms with Crippen molar-refractivity contribution in [2.75, 3.05) is 16.6 Å². The van der Waals surface area contributed by atoms with Crippen LogP contribution in [-0.2, 0) is 10.0 Å². The van der Waals surface area contributed by atoms with Gasteiger partial charge in [0.25, 0.3) is 15.9 Å². The van der Waals surface area contributed by atoms with E-state index in [4.69, 9.17) is 4.74 Å². The van der Waals surface area contributed by atoms with Crippen molar-refractivity contribution in [1.29, 1.82) is 0 Å². The maximum atomic E-state index is 12.9. The molecule has 0 aliphatic heterocycles. The third-order valence-corrected chi connectivity index (χ3v) is 5.75. The molecule has 0 atom stereocenters. The van der Waals surface area contributed by atoms with E-state index in [1.807, 2.05) is 0 Å². The van der Waals surface area contributed by atoms with Crippen molar-refractivity contribution in [2.45, 2.75) is 18.7 Å². The minimum atomic E-state index is -3.98. The molecule has 8 heteroatoms. The molecule has 3 rings (SSSR count). The fraction of sp³-hybridized carbons (Fsp3) is 0.130. The molecular weight excluding hydrogens is 416 g/mol. The molecule has 160 valence electrons. The summed E-state index contributed by atoms with van der Waals surface area (Å²) < 4.78 is 33.8. The number of amides is 1. The molecule has 0 unspecified atom stereocenters. The van der Waals surface area contributed by atoms with Gasteiger partial charge in [-0.25, -0.2) is 8.42 Å². The number of ether oxygens (including phenoxy) is 1. The Labute approximate surface area is 181 Å². The Morgan fingerprint density at radius 2 is 1.61 bits per heavy atom. The van der Waals surface area contributed by atoms with Crippen LogP contribution in [0.2, 0.25) is 0 Å². The van der Waals surface area contributed by atoms with Crippen LogP contribution in [-0.4, -0.2) is 26.7 Å². The molecule has 0 heterocycles. The maximum Gasteiger partial charge on any atom is 0.261 e. The number of sulfonamides is 1. The van der Waals surface area contributed by atoms with Crippen LogP contribution in [0.3, 0.4) is 0 Å². The van der Waals surface area contributed by atoms with Crippen molar-refractivity contribution < 1.29 is 22.7 Å². The predicted octanol–water partition coefficient (Wildman–Crippen LogP) is 4.34. The van der Waals surface area contributed by atoms with Crippen LogP contribution < -0.4 is 14.8 Å². The van der Waals surface area contributed by atoms with Crippen LogP contribution in [0.4, 0.5) is 11.4 Å². The number of rotatable bonds is 8. The summed E-state index contributed by atoms with van der Waals surface area (Å²) in [7, 11) is -3.98. The molecule has 0 aliphatic carbocycles. The van der Waals surface area contributed by atoms with E-state index in [9.17, 15) is 18.0 Å². The standard InChI is InChI=1S/C23H22N2O5S/c1-3-30-22-13-12-20(15-21(22)24-23(27)17-8-5-4-6-9-17)31(28,29)25-19-11-7-10-18(14-19)16(2)26/h4-15,25H,3H2,1-2H3,(H,24,27). The molecule has 3 aromatic rings. The summed E-state index contributed by atoms with van der Waals surface area (Å²) in [6, 6.07) is 19.0. The van der Waals surface area contributed by atoms with Gasteiger partial charge in [-0.05, 0) is 56.3 Å². The molecular formula is C23H22N2O5S. The average Bonchev–Trinajstić information content (AvgIpc) is 2.75. The van der Waals surface area contributed by atoms with E-state index >= 15 is 0 Å². The lowest BCUT2D eigenvalue weighted by atomic mass is 10.1. The Hall–Kier alpha value is -3.65. The molecule has 0 radical (unpaired) electrons. The summed E-state index contributed by atoms with van der Waals surface area (Å²) in [5, 5.41) is 2.71. The molecule has 0 spiro atoms. The minimum absolute atomic E-state index is 0.0625. The van der Waals surface area contributed by atoms with Crippen molar-refractivity contribution in [1.82, 2.24) is 0 Å². The second-order valence-electron chi connectivity index (χ2n) is 6.65. The molecule has 0 saturated heterocycles. The Balaban J connectivity index is 1.92. The van der Waals surface area contributed by atoms with Gasteiger partial charge in [0.1, 0.15) is 5.75 Å². The van der Waals surface area contributed by atoms with Crippen LogP contribution in [0.5, 0.6) is 5.75 Å². The van der Waals surface area contributed by atoms with E-state index in [0.717, 1.165) is 0 Å². The van der Waals surface area contributed by atoms with Crippen LogP contribution in [0.1, 0.15) is 34.6 Å². The van der Waals surface area contributed by atoms with Crippen molar-refractivity contribution >= 4 is 33.1 Å². The lowest BCUT2D eigenvalue weighted by Crippen LogP contribution is -2.16. The molecule has 31 heavy (non-hydrogen) atoms. The summed E-state index contributed by atoms with van der Waals surface area (Å²) in [5.41, 5.74) is 1.31. The van der Waals surface area contributed by atoms with Gasteiger partial charge in [-0.2, -0.15) is 0 Å². The monoisotopic (exact) mass is 438 g/mol. The highest BCUT2D eigenvalue weighted by molar-refractivity contribution is 7.92. The topological polar surface area (TPSA) is 102 Å². The largest absolute Gasteiger partial charge is 0.492 e. The Kier molecular flexibility index (Phi) is 6.71. The molecule has 1 amide bonds. The highest BCUT2D eigenvalue weighted by Crippen LogP contribution is 2.29. The quantitative estimate of drug-likeness (QED) is 0.510. The first-order chi connectivity index (χ1) is 14.8. The molecule has 0 aliphatic rings. The third kappa shape index (κ3) is 5.49. The van der Waals surface area contributed by atoms with Gasteiger partial charge in [-0.15, -0.1) is 0 Å². The van der Waals surface area contributed by atoms with E-state index in [-0.39, 0.29) is 22.1 Å². The number of Topliss-reactive ketones (excluding diaryl/α,β-unsaturated/α-hetero) is 1. The first kappa shape index (κ1) is 22.0. The molecule has 2 N–H and O–H groups in total. The zero-order chi connectivity index (χ0) is 22.4. The Bertz CT molecular complexity index is 1210. The number of anilines is 2. The van der Waals surface area contributed by atoms with Gasteiger partial charge in [-0.3, -0.25) is 14.3 Å². The second-order valence-corrected chi connectivity index (χ2v) is 8.34. The van der Waals surface area contributed by atoms with Gasteiger partial charge in [0.15, 0.2) is 5.78 Å². The van der Waals surface area contributed by atoms with Gasteiger partial charge in [0, 0.05) is 16.8 Å². The SMILES string of the molecule is CCOc1ccc(S(=O)(=O)Nc2cccc(C(C)=O)c2)cc1NC(=O)c1ccccc1. The second kappa shape index (κ2) is 9.44. The summed E-state index contributed by atoms with van der Waals surface area (Å²) in [4.78, 5) is 24.1. The van der Waals surface area contributed by atoms with Crippen LogP contribution in [0, 0.1) is 0 Å². The molecule has 0 bridgehead atoms. The number of benzene rings is 3. The smallest absolute Gasteiger partial charge is 0.261 e. The van der Waals surface area contributed by atoms with Gasteiger partial charge in [0.05, 0.1) is 17.2 Å². The normalized spacial score (nSPS) is 10.9. The number of carbonyl (C=O) groups is 2. The molecule has 0 fully saturated rings. The molecule has 3 aromatic carbocycles. The summed E-state index contributed by atoms with van der Waals surface area (Å²) in [6.07, 6.45) is 0. The molecule has 7 nitrogen and oxygen atoms in total. The van der Waals surface area contributed by atoms with Crippen molar-refractivity contribution in [3.63, 3.8) is 0 Å². The number of ketones is 1. The number of hydrogen-bond acceptors (Lipinski definition) is 5. The third-order valence-electron chi connectivity index (χ3n) is 4.37. The lowest BCUT2D eigenvalue weighted by molar-refractivity contribution is 0.101. The van der Waals surface area contributed by atoms with Crippen molar-refractivity contribution in [3.8, 4) is 5.75 Å². The van der Waals surface area contributed by atoms with Gasteiger partial charge < -0.3 is 10.1 Å². The fourth-order valence-corrected chi connectivity index (χ4v) is 3.93. The fourth-order valence-electron chi connectivity index (χ4n) is 2.86. The Morgan fingerprint density at radius 3 is 2.29 bits per heavy atom. The van der Waals surface area contributed by atoms with Crippen molar-refractivity contribution in [3.05, 3.63) is 83.9 Å². The lowest BCUT2D eigenvalue weighted by Gasteiger charge is -2.14. The summed E-state index contributed by atoms with van der Waals surface area (Å²) >= 11 is 0. The van der Waals surface area contributed by atoms with Crippen LogP contribution in [0.25, 0.3) is 0 Å². The van der Waals surface area contributed by atoms with E-state index in [0.29, 0.717) is 23.5 Å². The van der Waals surface area contributed by atoms with Crippen LogP contribution in [0.15, 0.2) is 77.7 Å². The van der Waals surface area contributed by atoms with E-state index in [1.54, 1.807) is 55.5 Å². The minimum Gasteiger partial charge on any atom is -0.492 e. The Morgan fingerprint density at radius 1 is 0.903 bits per heavy atom. The first-order valence-corrected chi connectivity index (χ1v) is 11.1. The van der Waals surface area contributed by atoms with Gasteiger partial charge in [-0.1, -0.05) is 30.3 Å². The number of hydrogen-bond donors (Lipinski definition) is 2. The average molecular weight is 439 g/mol. The van der Waals surface area contributed by atoms with E-state index in [2.05, 4.69) is 10.0 Å². The maximum absolute atomic E-state index is 12.9. The van der Waals surface area contributed by atoms with Gasteiger partial charge >= 0.3 is 0 Å². The first-order valence-electron chi connectivity index (χ1n) is 9.57. The molecule has 0 saturated carbocycles. The number of nitrogens with one attached hydrogen (secondary N) is 2. The van der Waals surface area contributed by atoms with E-state index < -0.39 is 15.9 Å².